The monoisotopic (exact) mass is 274 g/mol. The molecule has 2 aliphatic rings. The quantitative estimate of drug-likeness (QED) is 0.668. The van der Waals surface area contributed by atoms with Crippen LogP contribution in [0.15, 0.2) is 24.3 Å². The van der Waals surface area contributed by atoms with E-state index < -0.39 is 0 Å². The maximum absolute atomic E-state index is 3.00. The van der Waals surface area contributed by atoms with Crippen LogP contribution in [0.4, 0.5) is 0 Å². The fourth-order valence-electron chi connectivity index (χ4n) is 4.69. The van der Waals surface area contributed by atoms with Crippen LogP contribution >= 0.6 is 9.24 Å². The van der Waals surface area contributed by atoms with Crippen molar-refractivity contribution < 1.29 is 0 Å². The van der Waals surface area contributed by atoms with E-state index in [9.17, 15) is 0 Å². The molecular formula is C18H27P. The molecule has 0 amide bonds. The molecule has 2 aliphatic carbocycles. The summed E-state index contributed by atoms with van der Waals surface area (Å²) in [6.45, 7) is 0. The van der Waals surface area contributed by atoms with Gasteiger partial charge in [-0.05, 0) is 47.9 Å². The van der Waals surface area contributed by atoms with Gasteiger partial charge in [0.2, 0.25) is 0 Å². The number of rotatable bonds is 2. The first kappa shape index (κ1) is 13.6. The smallest absolute Gasteiger partial charge is 0.00126 e. The van der Waals surface area contributed by atoms with Crippen molar-refractivity contribution in [3.63, 3.8) is 0 Å². The Labute approximate surface area is 120 Å². The first-order chi connectivity index (χ1) is 9.33. The Morgan fingerprint density at radius 3 is 2.16 bits per heavy atom. The third kappa shape index (κ3) is 2.62. The van der Waals surface area contributed by atoms with Crippen molar-refractivity contribution in [2.24, 2.45) is 5.92 Å². The fraction of sp³-hybridized carbons (Fsp3) is 0.667. The van der Waals surface area contributed by atoms with Gasteiger partial charge in [0.15, 0.2) is 0 Å². The summed E-state index contributed by atoms with van der Waals surface area (Å²) in [7, 11) is 3.00. The van der Waals surface area contributed by atoms with Gasteiger partial charge < -0.3 is 0 Å². The molecule has 0 N–H and O–H groups in total. The third-order valence-electron chi connectivity index (χ3n) is 5.63. The molecule has 0 spiro atoms. The first-order valence-corrected chi connectivity index (χ1v) is 8.76. The minimum absolute atomic E-state index is 0.511. The highest BCUT2D eigenvalue weighted by atomic mass is 31.0. The van der Waals surface area contributed by atoms with Crippen LogP contribution in [0, 0.1) is 5.92 Å². The van der Waals surface area contributed by atoms with Crippen LogP contribution in [0.1, 0.15) is 69.8 Å². The van der Waals surface area contributed by atoms with Gasteiger partial charge in [0.1, 0.15) is 0 Å². The van der Waals surface area contributed by atoms with E-state index >= 15 is 0 Å². The maximum atomic E-state index is 3.00. The average molecular weight is 274 g/mol. The SMILES string of the molecule is Pc1ccccc1C1(C2CCCCC2)CCCCC1. The molecule has 0 heterocycles. The lowest BCUT2D eigenvalue weighted by molar-refractivity contribution is 0.149. The molecule has 1 aromatic rings. The zero-order valence-corrected chi connectivity index (χ0v) is 13.2. The minimum Gasteiger partial charge on any atom is -0.105 e. The van der Waals surface area contributed by atoms with Gasteiger partial charge in [0.05, 0.1) is 0 Å². The summed E-state index contributed by atoms with van der Waals surface area (Å²) >= 11 is 0. The van der Waals surface area contributed by atoms with Crippen molar-refractivity contribution in [3.05, 3.63) is 29.8 Å². The van der Waals surface area contributed by atoms with E-state index in [0.29, 0.717) is 5.41 Å². The summed E-state index contributed by atoms with van der Waals surface area (Å²) in [6, 6.07) is 9.15. The molecule has 0 radical (unpaired) electrons. The minimum atomic E-state index is 0.511. The fourth-order valence-corrected chi connectivity index (χ4v) is 5.18. The van der Waals surface area contributed by atoms with Gasteiger partial charge in [-0.15, -0.1) is 9.24 Å². The van der Waals surface area contributed by atoms with Crippen molar-refractivity contribution in [2.45, 2.75) is 69.6 Å². The molecule has 2 saturated carbocycles. The van der Waals surface area contributed by atoms with Crippen molar-refractivity contribution in [2.75, 3.05) is 0 Å². The summed E-state index contributed by atoms with van der Waals surface area (Å²) in [5.74, 6) is 0.947. The molecule has 1 aromatic carbocycles. The van der Waals surface area contributed by atoms with E-state index in [4.69, 9.17) is 0 Å². The predicted molar refractivity (Wildman–Crippen MR) is 87.1 cm³/mol. The second-order valence-electron chi connectivity index (χ2n) is 6.64. The van der Waals surface area contributed by atoms with Crippen LogP contribution in [0.2, 0.25) is 0 Å². The molecule has 2 fully saturated rings. The molecule has 1 unspecified atom stereocenters. The van der Waals surface area contributed by atoms with Crippen LogP contribution < -0.4 is 5.30 Å². The molecule has 0 aromatic heterocycles. The molecule has 19 heavy (non-hydrogen) atoms. The van der Waals surface area contributed by atoms with Crippen LogP contribution in [0.25, 0.3) is 0 Å². The van der Waals surface area contributed by atoms with Crippen LogP contribution in [0.5, 0.6) is 0 Å². The number of hydrogen-bond donors (Lipinski definition) is 0. The van der Waals surface area contributed by atoms with Crippen molar-refractivity contribution in [3.8, 4) is 0 Å². The average Bonchev–Trinajstić information content (AvgIpc) is 2.49. The summed E-state index contributed by atoms with van der Waals surface area (Å²) in [5.41, 5.74) is 2.17. The molecule has 104 valence electrons. The highest BCUT2D eigenvalue weighted by Crippen LogP contribution is 2.49. The van der Waals surface area contributed by atoms with Crippen molar-refractivity contribution in [1.82, 2.24) is 0 Å². The molecule has 0 nitrogen and oxygen atoms in total. The van der Waals surface area contributed by atoms with E-state index in [-0.39, 0.29) is 0 Å². The van der Waals surface area contributed by atoms with E-state index in [2.05, 4.69) is 33.5 Å². The normalized spacial score (nSPS) is 24.3. The summed E-state index contributed by atoms with van der Waals surface area (Å²) in [5, 5.41) is 1.45. The standard InChI is InChI=1S/C18H27P/c19-17-12-6-5-11-16(17)18(13-7-2-8-14-18)15-9-3-1-4-10-15/h5-6,11-12,15H,1-4,7-10,13-14,19H2. The lowest BCUT2D eigenvalue weighted by Gasteiger charge is -2.46. The van der Waals surface area contributed by atoms with Gasteiger partial charge in [-0.3, -0.25) is 0 Å². The summed E-state index contributed by atoms with van der Waals surface area (Å²) in [4.78, 5) is 0. The van der Waals surface area contributed by atoms with Crippen molar-refractivity contribution >= 4 is 14.5 Å². The molecule has 0 saturated heterocycles. The Bertz CT molecular complexity index is 411. The second-order valence-corrected chi connectivity index (χ2v) is 7.26. The lowest BCUT2D eigenvalue weighted by atomic mass is 9.58. The van der Waals surface area contributed by atoms with Crippen LogP contribution in [-0.4, -0.2) is 0 Å². The molecule has 1 heteroatoms. The number of hydrogen-bond acceptors (Lipinski definition) is 0. The van der Waals surface area contributed by atoms with Gasteiger partial charge in [0.25, 0.3) is 0 Å². The first-order valence-electron chi connectivity index (χ1n) is 8.18. The third-order valence-corrected chi connectivity index (χ3v) is 6.13. The second kappa shape index (κ2) is 5.96. The Balaban J connectivity index is 1.98. The molecule has 1 atom stereocenters. The van der Waals surface area contributed by atoms with E-state index in [0.717, 1.165) is 5.92 Å². The lowest BCUT2D eigenvalue weighted by Crippen LogP contribution is -2.40. The van der Waals surface area contributed by atoms with Crippen LogP contribution in [-0.2, 0) is 5.41 Å². The summed E-state index contributed by atoms with van der Waals surface area (Å²) in [6.07, 6.45) is 14.5. The van der Waals surface area contributed by atoms with Crippen molar-refractivity contribution in [1.29, 1.82) is 0 Å². The molecule has 3 rings (SSSR count). The van der Waals surface area contributed by atoms with Gasteiger partial charge in [-0.2, -0.15) is 0 Å². The van der Waals surface area contributed by atoms with E-state index in [1.165, 1.54) is 69.5 Å². The van der Waals surface area contributed by atoms with Gasteiger partial charge >= 0.3 is 0 Å². The highest BCUT2D eigenvalue weighted by Gasteiger charge is 2.41. The zero-order chi connectivity index (χ0) is 13.1. The summed E-state index contributed by atoms with van der Waals surface area (Å²) < 4.78 is 0. The molecular weight excluding hydrogens is 247 g/mol. The van der Waals surface area contributed by atoms with E-state index in [1.54, 1.807) is 5.56 Å². The van der Waals surface area contributed by atoms with E-state index in [1.807, 2.05) is 0 Å². The largest absolute Gasteiger partial charge is 0.105 e. The zero-order valence-electron chi connectivity index (χ0n) is 12.0. The molecule has 0 bridgehead atoms. The Morgan fingerprint density at radius 2 is 1.47 bits per heavy atom. The highest BCUT2D eigenvalue weighted by molar-refractivity contribution is 7.27. The Kier molecular flexibility index (Phi) is 4.27. The van der Waals surface area contributed by atoms with Gasteiger partial charge in [-0.25, -0.2) is 0 Å². The van der Waals surface area contributed by atoms with Crippen LogP contribution in [0.3, 0.4) is 0 Å². The van der Waals surface area contributed by atoms with Gasteiger partial charge in [0, 0.05) is 0 Å². The topological polar surface area (TPSA) is 0 Å². The predicted octanol–water partition coefficient (Wildman–Crippen LogP) is 4.97. The Hall–Kier alpha value is -0.350. The van der Waals surface area contributed by atoms with Gasteiger partial charge in [-0.1, -0.05) is 62.8 Å². The Morgan fingerprint density at radius 1 is 0.842 bits per heavy atom. The molecule has 0 aliphatic heterocycles. The maximum Gasteiger partial charge on any atom is -0.00126 e. The number of benzene rings is 1.